The van der Waals surface area contributed by atoms with Gasteiger partial charge in [-0.05, 0) is 37.8 Å². The summed E-state index contributed by atoms with van der Waals surface area (Å²) in [5, 5.41) is 8.23. The molecule has 1 N–H and O–H groups in total. The van der Waals surface area contributed by atoms with Crippen LogP contribution in [0.3, 0.4) is 0 Å². The summed E-state index contributed by atoms with van der Waals surface area (Å²) in [4.78, 5) is 19.5. The molecule has 2 fully saturated rings. The lowest BCUT2D eigenvalue weighted by Crippen LogP contribution is -2.45. The maximum atomic E-state index is 13.2. The number of carbonyl (C=O) groups is 1. The Hall–Kier alpha value is -2.67. The van der Waals surface area contributed by atoms with Crippen molar-refractivity contribution in [1.29, 1.82) is 0 Å². The normalized spacial score (nSPS) is 25.1. The topological polar surface area (TPSA) is 76.0 Å². The number of aromatic nitrogens is 4. The Labute approximate surface area is 157 Å². The van der Waals surface area contributed by atoms with E-state index in [1.807, 2.05) is 53.8 Å². The Bertz CT molecular complexity index is 1010. The number of hydrogen-bond acceptors (Lipinski definition) is 4. The first-order valence-corrected chi connectivity index (χ1v) is 9.48. The summed E-state index contributed by atoms with van der Waals surface area (Å²) in [5.41, 5.74) is 1.81. The van der Waals surface area contributed by atoms with Crippen LogP contribution >= 0.6 is 0 Å². The second kappa shape index (κ2) is 6.20. The quantitative estimate of drug-likeness (QED) is 0.757. The number of carbonyl (C=O) groups excluding carboxylic acids is 1. The molecule has 2 saturated heterocycles. The molecule has 1 aromatic carbocycles. The molecule has 0 saturated carbocycles. The highest BCUT2D eigenvalue weighted by Crippen LogP contribution is 2.40. The molecule has 0 aliphatic carbocycles. The number of nitrogens with zero attached hydrogens (tertiary/aromatic N) is 4. The Morgan fingerprint density at radius 2 is 2.19 bits per heavy atom. The van der Waals surface area contributed by atoms with Gasteiger partial charge in [-0.15, -0.1) is 0 Å². The fourth-order valence-corrected chi connectivity index (χ4v) is 4.44. The predicted molar refractivity (Wildman–Crippen MR) is 100 cm³/mol. The van der Waals surface area contributed by atoms with Crippen molar-refractivity contribution in [3.05, 3.63) is 47.7 Å². The number of fused-ring (bicyclic) bond motifs is 2. The van der Waals surface area contributed by atoms with Crippen LogP contribution in [0.25, 0.3) is 10.9 Å². The summed E-state index contributed by atoms with van der Waals surface area (Å²) >= 11 is 0. The molecular formula is C20H23N5O2. The van der Waals surface area contributed by atoms with E-state index in [1.54, 1.807) is 0 Å². The summed E-state index contributed by atoms with van der Waals surface area (Å²) in [6.07, 6.45) is 1.87. The monoisotopic (exact) mass is 365 g/mol. The fraction of sp³-hybridized carbons (Fsp3) is 0.450. The summed E-state index contributed by atoms with van der Waals surface area (Å²) in [6, 6.07) is 10.1. The summed E-state index contributed by atoms with van der Waals surface area (Å²) in [7, 11) is 1.95. The maximum Gasteiger partial charge on any atom is 0.270 e. The van der Waals surface area contributed by atoms with E-state index in [0.29, 0.717) is 12.5 Å². The first-order valence-electron chi connectivity index (χ1n) is 9.48. The van der Waals surface area contributed by atoms with Gasteiger partial charge in [-0.25, -0.2) is 4.98 Å². The molecule has 2 aliphatic heterocycles. The zero-order valence-corrected chi connectivity index (χ0v) is 15.6. The van der Waals surface area contributed by atoms with E-state index in [1.165, 1.54) is 0 Å². The van der Waals surface area contributed by atoms with Crippen LogP contribution in [-0.4, -0.2) is 49.7 Å². The lowest BCUT2D eigenvalue weighted by atomic mass is 9.91. The second-order valence-electron chi connectivity index (χ2n) is 7.63. The van der Waals surface area contributed by atoms with Crippen LogP contribution in [0.2, 0.25) is 0 Å². The van der Waals surface area contributed by atoms with Gasteiger partial charge in [0.15, 0.2) is 5.82 Å². The number of rotatable bonds is 2. The number of hydrogen-bond donors (Lipinski definition) is 1. The summed E-state index contributed by atoms with van der Waals surface area (Å²) < 4.78 is 8.21. The minimum Gasteiger partial charge on any atom is -0.365 e. The average molecular weight is 365 g/mol. The third-order valence-corrected chi connectivity index (χ3v) is 5.91. The molecule has 1 amide bonds. The molecule has 7 heteroatoms. The van der Waals surface area contributed by atoms with Crippen LogP contribution in [-0.2, 0) is 11.8 Å². The number of ether oxygens (including phenoxy) is 1. The number of piperidine rings is 1. The number of amides is 1. The summed E-state index contributed by atoms with van der Waals surface area (Å²) in [6.45, 7) is 3.29. The van der Waals surface area contributed by atoms with Crippen molar-refractivity contribution in [2.75, 3.05) is 13.1 Å². The van der Waals surface area contributed by atoms with Gasteiger partial charge in [0.2, 0.25) is 0 Å². The number of aryl methyl sites for hydroxylation is 2. The number of H-pyrrole nitrogens is 1. The summed E-state index contributed by atoms with van der Waals surface area (Å²) in [5.74, 6) is 2.07. The van der Waals surface area contributed by atoms with E-state index < -0.39 is 0 Å². The zero-order chi connectivity index (χ0) is 18.5. The highest BCUT2D eigenvalue weighted by molar-refractivity contribution is 5.98. The van der Waals surface area contributed by atoms with Crippen LogP contribution in [0.5, 0.6) is 0 Å². The van der Waals surface area contributed by atoms with E-state index in [0.717, 1.165) is 47.6 Å². The van der Waals surface area contributed by atoms with Gasteiger partial charge in [0.25, 0.3) is 5.91 Å². The molecule has 7 nitrogen and oxygen atoms in total. The Morgan fingerprint density at radius 1 is 1.33 bits per heavy atom. The Morgan fingerprint density at radius 3 is 2.96 bits per heavy atom. The van der Waals surface area contributed by atoms with Crippen LogP contribution in [0.15, 0.2) is 30.3 Å². The molecule has 140 valence electrons. The van der Waals surface area contributed by atoms with E-state index >= 15 is 0 Å². The van der Waals surface area contributed by atoms with Gasteiger partial charge in [0.1, 0.15) is 17.6 Å². The van der Waals surface area contributed by atoms with E-state index in [2.05, 4.69) is 15.2 Å². The molecule has 5 rings (SSSR count). The van der Waals surface area contributed by atoms with Crippen LogP contribution in [0.4, 0.5) is 0 Å². The SMILES string of the molecule is Cc1nc([C@H]2CC3CCN(C(=O)c4cc5ccccc5n4C)C[C@H]3O2)n[nH]1. The van der Waals surface area contributed by atoms with Crippen molar-refractivity contribution in [2.24, 2.45) is 13.0 Å². The largest absolute Gasteiger partial charge is 0.365 e. The van der Waals surface area contributed by atoms with Crippen molar-refractivity contribution in [2.45, 2.75) is 32.0 Å². The van der Waals surface area contributed by atoms with Gasteiger partial charge in [0, 0.05) is 31.0 Å². The molecule has 3 aromatic rings. The van der Waals surface area contributed by atoms with E-state index in [9.17, 15) is 4.79 Å². The minimum atomic E-state index is -0.0716. The van der Waals surface area contributed by atoms with Crippen molar-refractivity contribution in [1.82, 2.24) is 24.6 Å². The number of benzene rings is 1. The maximum absolute atomic E-state index is 13.2. The zero-order valence-electron chi connectivity index (χ0n) is 15.6. The van der Waals surface area contributed by atoms with Crippen LogP contribution < -0.4 is 0 Å². The molecule has 0 radical (unpaired) electrons. The molecule has 1 unspecified atom stereocenters. The van der Waals surface area contributed by atoms with Crippen LogP contribution in [0, 0.1) is 12.8 Å². The van der Waals surface area contributed by atoms with Gasteiger partial charge in [-0.3, -0.25) is 9.89 Å². The Balaban J connectivity index is 1.34. The van der Waals surface area contributed by atoms with Crippen LogP contribution in [0.1, 0.15) is 41.1 Å². The number of para-hydroxylation sites is 1. The van der Waals surface area contributed by atoms with Gasteiger partial charge < -0.3 is 14.2 Å². The molecule has 0 bridgehead atoms. The fourth-order valence-electron chi connectivity index (χ4n) is 4.44. The highest BCUT2D eigenvalue weighted by atomic mass is 16.5. The van der Waals surface area contributed by atoms with Crippen molar-refractivity contribution in [3.8, 4) is 0 Å². The lowest BCUT2D eigenvalue weighted by Gasteiger charge is -2.34. The predicted octanol–water partition coefficient (Wildman–Crippen LogP) is 2.60. The molecule has 4 heterocycles. The van der Waals surface area contributed by atoms with Gasteiger partial charge >= 0.3 is 0 Å². The lowest BCUT2D eigenvalue weighted by molar-refractivity contribution is -0.00706. The molecule has 2 aliphatic rings. The van der Waals surface area contributed by atoms with Gasteiger partial charge in [-0.1, -0.05) is 18.2 Å². The first-order chi connectivity index (χ1) is 13.1. The molecule has 0 spiro atoms. The van der Waals surface area contributed by atoms with Crippen molar-refractivity contribution >= 4 is 16.8 Å². The molecular weight excluding hydrogens is 342 g/mol. The number of likely N-dealkylation sites (tertiary alicyclic amines) is 1. The van der Waals surface area contributed by atoms with Gasteiger partial charge in [0.05, 0.1) is 6.10 Å². The molecule has 27 heavy (non-hydrogen) atoms. The third-order valence-electron chi connectivity index (χ3n) is 5.91. The molecule has 2 aromatic heterocycles. The third kappa shape index (κ3) is 2.73. The van der Waals surface area contributed by atoms with E-state index in [4.69, 9.17) is 4.74 Å². The number of nitrogens with one attached hydrogen (secondary N) is 1. The standard InChI is InChI=1S/C20H23N5O2/c1-12-21-19(23-22-12)17-10-14-7-8-25(11-18(14)27-17)20(26)16-9-13-5-3-4-6-15(13)24(16)2/h3-6,9,14,17-18H,7-8,10-11H2,1-2H3,(H,21,22,23)/t14?,17-,18-/m1/s1. The van der Waals surface area contributed by atoms with E-state index in [-0.39, 0.29) is 18.1 Å². The van der Waals surface area contributed by atoms with Crippen molar-refractivity contribution < 1.29 is 9.53 Å². The highest BCUT2D eigenvalue weighted by Gasteiger charge is 2.42. The molecule has 3 atom stereocenters. The smallest absolute Gasteiger partial charge is 0.270 e. The van der Waals surface area contributed by atoms with Gasteiger partial charge in [-0.2, -0.15) is 5.10 Å². The first kappa shape index (κ1) is 16.5. The van der Waals surface area contributed by atoms with Crippen molar-refractivity contribution in [3.63, 3.8) is 0 Å². The minimum absolute atomic E-state index is 0.0567. The second-order valence-corrected chi connectivity index (χ2v) is 7.63. The average Bonchev–Trinajstić information content (AvgIpc) is 3.38. The number of aromatic amines is 1. The Kier molecular flexibility index (Phi) is 3.79.